The first-order valence-corrected chi connectivity index (χ1v) is 8.10. The van der Waals surface area contributed by atoms with E-state index >= 15 is 0 Å². The molecule has 0 spiro atoms. The number of H-pyrrole nitrogens is 1. The number of aromatic amines is 1. The molecule has 25 heavy (non-hydrogen) atoms. The molecule has 1 aromatic carbocycles. The van der Waals surface area contributed by atoms with E-state index in [2.05, 4.69) is 30.4 Å². The second-order valence-electron chi connectivity index (χ2n) is 6.12. The van der Waals surface area contributed by atoms with Crippen LogP contribution in [0.15, 0.2) is 49.1 Å². The van der Waals surface area contributed by atoms with Crippen molar-refractivity contribution in [3.63, 3.8) is 0 Å². The highest BCUT2D eigenvalue weighted by molar-refractivity contribution is 5.95. The zero-order valence-corrected chi connectivity index (χ0v) is 13.8. The summed E-state index contributed by atoms with van der Waals surface area (Å²) in [6, 6.07) is 9.58. The number of fused-ring (bicyclic) bond motifs is 1. The van der Waals surface area contributed by atoms with Gasteiger partial charge in [-0.25, -0.2) is 4.98 Å². The third-order valence-corrected chi connectivity index (χ3v) is 4.50. The summed E-state index contributed by atoms with van der Waals surface area (Å²) < 4.78 is 0. The molecule has 0 fully saturated rings. The van der Waals surface area contributed by atoms with Gasteiger partial charge in [-0.05, 0) is 41.5 Å². The lowest BCUT2D eigenvalue weighted by Crippen LogP contribution is -2.23. The Labute approximate surface area is 145 Å². The molecule has 7 nitrogen and oxygen atoms in total. The minimum atomic E-state index is -0.0921. The lowest BCUT2D eigenvalue weighted by atomic mass is 9.98. The van der Waals surface area contributed by atoms with Crippen molar-refractivity contribution in [1.29, 1.82) is 0 Å². The number of anilines is 1. The van der Waals surface area contributed by atoms with Crippen molar-refractivity contribution in [3.05, 3.63) is 71.6 Å². The summed E-state index contributed by atoms with van der Waals surface area (Å²) in [6.45, 7) is 1.29. The van der Waals surface area contributed by atoms with Gasteiger partial charge in [-0.15, -0.1) is 0 Å². The van der Waals surface area contributed by atoms with Crippen molar-refractivity contribution in [1.82, 2.24) is 25.5 Å². The molecule has 3 aromatic rings. The molecular weight excluding hydrogens is 316 g/mol. The fourth-order valence-corrected chi connectivity index (χ4v) is 3.19. The molecule has 7 heteroatoms. The molecule has 1 aliphatic heterocycles. The molecule has 0 saturated heterocycles. The van der Waals surface area contributed by atoms with Crippen LogP contribution in [0.5, 0.6) is 0 Å². The Hall–Kier alpha value is -3.22. The topological polar surface area (TPSA) is 86.8 Å². The van der Waals surface area contributed by atoms with Gasteiger partial charge in [0.2, 0.25) is 0 Å². The lowest BCUT2D eigenvalue weighted by Gasteiger charge is -2.12. The van der Waals surface area contributed by atoms with Gasteiger partial charge in [0.1, 0.15) is 12.2 Å². The fourth-order valence-electron chi connectivity index (χ4n) is 3.19. The van der Waals surface area contributed by atoms with Crippen LogP contribution in [0.1, 0.15) is 33.2 Å². The molecule has 1 unspecified atom stereocenters. The van der Waals surface area contributed by atoms with Gasteiger partial charge in [0.25, 0.3) is 5.91 Å². The van der Waals surface area contributed by atoms with Gasteiger partial charge in [-0.1, -0.05) is 0 Å². The molecule has 126 valence electrons. The molecule has 2 aromatic heterocycles. The Morgan fingerprint density at radius 2 is 2.16 bits per heavy atom. The zero-order valence-electron chi connectivity index (χ0n) is 13.8. The molecular formula is C18H18N6O. The molecule has 2 N–H and O–H groups in total. The average Bonchev–Trinajstić information content (AvgIpc) is 3.28. The molecule has 3 heterocycles. The van der Waals surface area contributed by atoms with E-state index in [1.165, 1.54) is 6.33 Å². The van der Waals surface area contributed by atoms with E-state index in [0.29, 0.717) is 12.1 Å². The number of rotatable bonds is 4. The minimum Gasteiger partial charge on any atom is -0.373 e. The van der Waals surface area contributed by atoms with E-state index in [-0.39, 0.29) is 11.8 Å². The van der Waals surface area contributed by atoms with Crippen molar-refractivity contribution in [2.45, 2.75) is 12.5 Å². The van der Waals surface area contributed by atoms with Gasteiger partial charge in [-0.2, -0.15) is 5.10 Å². The van der Waals surface area contributed by atoms with Crippen LogP contribution in [0.2, 0.25) is 0 Å². The zero-order chi connectivity index (χ0) is 17.2. The first-order valence-electron chi connectivity index (χ1n) is 8.10. The van der Waals surface area contributed by atoms with Crippen LogP contribution in [0.25, 0.3) is 0 Å². The number of likely N-dealkylation sites (N-methyl/N-ethyl adjacent to an activating group) is 1. The number of nitrogens with zero attached hydrogens (tertiary/aromatic N) is 4. The lowest BCUT2D eigenvalue weighted by molar-refractivity contribution is 0.0951. The van der Waals surface area contributed by atoms with E-state index in [1.807, 2.05) is 37.4 Å². The second kappa shape index (κ2) is 6.35. The number of hydrogen-bond donors (Lipinski definition) is 2. The minimum absolute atomic E-state index is 0.0921. The standard InChI is InChI=1S/C18H18N6O/c1-24-10-15(17-21-11-22-23-17)14-8-13(2-3-16(14)24)18(25)20-9-12-4-6-19-7-5-12/h2-8,11,15H,9-10H2,1H3,(H,20,25)(H,21,22,23). The normalized spacial score (nSPS) is 15.9. The quantitative estimate of drug-likeness (QED) is 0.758. The number of amides is 1. The van der Waals surface area contributed by atoms with Crippen molar-refractivity contribution >= 4 is 11.6 Å². The summed E-state index contributed by atoms with van der Waals surface area (Å²) in [5.74, 6) is 0.820. The van der Waals surface area contributed by atoms with E-state index in [4.69, 9.17) is 0 Å². The number of benzene rings is 1. The predicted octanol–water partition coefficient (Wildman–Crippen LogP) is 1.71. The summed E-state index contributed by atoms with van der Waals surface area (Å²) in [5.41, 5.74) is 3.87. The molecule has 0 bridgehead atoms. The van der Waals surface area contributed by atoms with Gasteiger partial charge in [0.15, 0.2) is 0 Å². The van der Waals surface area contributed by atoms with Gasteiger partial charge in [0, 0.05) is 43.8 Å². The molecule has 1 atom stereocenters. The molecule has 1 aliphatic rings. The van der Waals surface area contributed by atoms with E-state index in [0.717, 1.165) is 29.2 Å². The van der Waals surface area contributed by atoms with Crippen molar-refractivity contribution in [2.75, 3.05) is 18.5 Å². The smallest absolute Gasteiger partial charge is 0.251 e. The molecule has 1 amide bonds. The summed E-state index contributed by atoms with van der Waals surface area (Å²) in [4.78, 5) is 22.9. The maximum Gasteiger partial charge on any atom is 0.251 e. The Kier molecular flexibility index (Phi) is 3.89. The fraction of sp³-hybridized carbons (Fsp3) is 0.222. The van der Waals surface area contributed by atoms with Crippen molar-refractivity contribution in [2.24, 2.45) is 0 Å². The molecule has 4 rings (SSSR count). The van der Waals surface area contributed by atoms with Crippen LogP contribution in [-0.2, 0) is 6.54 Å². The largest absolute Gasteiger partial charge is 0.373 e. The van der Waals surface area contributed by atoms with Crippen LogP contribution >= 0.6 is 0 Å². The summed E-state index contributed by atoms with van der Waals surface area (Å²) in [7, 11) is 2.04. The number of carbonyl (C=O) groups is 1. The van der Waals surface area contributed by atoms with Gasteiger partial charge < -0.3 is 10.2 Å². The van der Waals surface area contributed by atoms with Crippen molar-refractivity contribution < 1.29 is 4.79 Å². The van der Waals surface area contributed by atoms with Gasteiger partial charge in [0.05, 0.1) is 5.92 Å². The number of pyridine rings is 1. The Balaban J connectivity index is 1.56. The highest BCUT2D eigenvalue weighted by atomic mass is 16.1. The molecule has 0 radical (unpaired) electrons. The highest BCUT2D eigenvalue weighted by Gasteiger charge is 2.30. The number of hydrogen-bond acceptors (Lipinski definition) is 5. The van der Waals surface area contributed by atoms with Gasteiger partial charge >= 0.3 is 0 Å². The maximum atomic E-state index is 12.5. The average molecular weight is 334 g/mol. The Bertz CT molecular complexity index is 878. The summed E-state index contributed by atoms with van der Waals surface area (Å²) in [6.07, 6.45) is 4.95. The Morgan fingerprint density at radius 3 is 2.92 bits per heavy atom. The monoisotopic (exact) mass is 334 g/mol. The SMILES string of the molecule is CN1CC(c2ncn[nH]2)c2cc(C(=O)NCc3ccncc3)ccc21. The molecule has 0 aliphatic carbocycles. The Morgan fingerprint density at radius 1 is 1.32 bits per heavy atom. The van der Waals surface area contributed by atoms with Crippen LogP contribution < -0.4 is 10.2 Å². The first-order chi connectivity index (χ1) is 12.2. The third-order valence-electron chi connectivity index (χ3n) is 4.50. The predicted molar refractivity (Wildman–Crippen MR) is 93.3 cm³/mol. The van der Waals surface area contributed by atoms with Crippen LogP contribution in [0, 0.1) is 0 Å². The van der Waals surface area contributed by atoms with Crippen molar-refractivity contribution in [3.8, 4) is 0 Å². The van der Waals surface area contributed by atoms with Crippen LogP contribution in [0.3, 0.4) is 0 Å². The van der Waals surface area contributed by atoms with E-state index in [1.54, 1.807) is 12.4 Å². The highest BCUT2D eigenvalue weighted by Crippen LogP contribution is 2.38. The van der Waals surface area contributed by atoms with Gasteiger partial charge in [-0.3, -0.25) is 14.9 Å². The van der Waals surface area contributed by atoms with Crippen LogP contribution in [0.4, 0.5) is 5.69 Å². The third kappa shape index (κ3) is 2.96. The second-order valence-corrected chi connectivity index (χ2v) is 6.12. The molecule has 0 saturated carbocycles. The summed E-state index contributed by atoms with van der Waals surface area (Å²) >= 11 is 0. The number of nitrogens with one attached hydrogen (secondary N) is 2. The van der Waals surface area contributed by atoms with E-state index < -0.39 is 0 Å². The number of carbonyl (C=O) groups excluding carboxylic acids is 1. The first kappa shape index (κ1) is 15.3. The number of aromatic nitrogens is 4. The maximum absolute atomic E-state index is 12.5. The van der Waals surface area contributed by atoms with E-state index in [9.17, 15) is 4.79 Å². The summed E-state index contributed by atoms with van der Waals surface area (Å²) in [5, 5.41) is 9.84. The van der Waals surface area contributed by atoms with Crippen LogP contribution in [-0.4, -0.2) is 39.7 Å².